The van der Waals surface area contributed by atoms with Crippen LogP contribution in [0.3, 0.4) is 0 Å². The van der Waals surface area contributed by atoms with Crippen molar-refractivity contribution in [2.45, 2.75) is 12.3 Å². The number of hydrogen-bond donors (Lipinski definition) is 0. The summed E-state index contributed by atoms with van der Waals surface area (Å²) in [6, 6.07) is 15.9. The van der Waals surface area contributed by atoms with Gasteiger partial charge in [0.1, 0.15) is 5.75 Å². The molecule has 0 saturated heterocycles. The van der Waals surface area contributed by atoms with Gasteiger partial charge in [0.05, 0.1) is 24.0 Å². The van der Waals surface area contributed by atoms with E-state index >= 15 is 0 Å². The van der Waals surface area contributed by atoms with Gasteiger partial charge >= 0.3 is 0 Å². The molecule has 0 aromatic heterocycles. The molecule has 1 atom stereocenters. The lowest BCUT2D eigenvalue weighted by molar-refractivity contribution is -0.384. The molecule has 0 aliphatic carbocycles. The van der Waals surface area contributed by atoms with E-state index in [1.165, 1.54) is 12.1 Å². The van der Waals surface area contributed by atoms with Crippen molar-refractivity contribution >= 4 is 5.69 Å². The van der Waals surface area contributed by atoms with Crippen molar-refractivity contribution in [2.24, 2.45) is 0 Å². The van der Waals surface area contributed by atoms with Crippen LogP contribution in [0.1, 0.15) is 17.0 Å². The van der Waals surface area contributed by atoms with Gasteiger partial charge in [-0.3, -0.25) is 10.1 Å². The van der Waals surface area contributed by atoms with Crippen molar-refractivity contribution < 1.29 is 9.66 Å². The average Bonchev–Trinajstić information content (AvgIpc) is 2.53. The highest BCUT2D eigenvalue weighted by Gasteiger charge is 2.13. The first-order chi connectivity index (χ1) is 10.1. The highest BCUT2D eigenvalue weighted by atomic mass is 16.6. The first-order valence-electron chi connectivity index (χ1n) is 6.41. The SMILES string of the molecule is COc1ccc(C[C@@H](C#N)c2ccc([N+](=O)[O-])cc2)cc1. The van der Waals surface area contributed by atoms with Gasteiger partial charge in [0, 0.05) is 12.1 Å². The number of non-ortho nitro benzene ring substituents is 1. The van der Waals surface area contributed by atoms with E-state index in [1.54, 1.807) is 19.2 Å². The minimum atomic E-state index is -0.450. The van der Waals surface area contributed by atoms with E-state index < -0.39 is 4.92 Å². The number of hydrogen-bond acceptors (Lipinski definition) is 4. The van der Waals surface area contributed by atoms with E-state index in [-0.39, 0.29) is 11.6 Å². The van der Waals surface area contributed by atoms with Crippen LogP contribution in [0, 0.1) is 21.4 Å². The van der Waals surface area contributed by atoms with Gasteiger partial charge in [-0.2, -0.15) is 5.26 Å². The Hall–Kier alpha value is -2.87. The largest absolute Gasteiger partial charge is 0.497 e. The smallest absolute Gasteiger partial charge is 0.269 e. The standard InChI is InChI=1S/C16H14N2O3/c1-21-16-8-2-12(3-9-16)10-14(11-17)13-4-6-15(7-5-13)18(19)20/h2-9,14H,10H2,1H3/t14-/m0/s1. The Morgan fingerprint density at radius 1 is 1.19 bits per heavy atom. The second-order valence-electron chi connectivity index (χ2n) is 4.58. The second kappa shape index (κ2) is 6.53. The van der Waals surface area contributed by atoms with Crippen molar-refractivity contribution in [1.29, 1.82) is 5.26 Å². The van der Waals surface area contributed by atoms with E-state index in [4.69, 9.17) is 4.74 Å². The quantitative estimate of drug-likeness (QED) is 0.621. The predicted octanol–water partition coefficient (Wildman–Crippen LogP) is 3.45. The predicted molar refractivity (Wildman–Crippen MR) is 78.1 cm³/mol. The van der Waals surface area contributed by atoms with E-state index in [2.05, 4.69) is 6.07 Å². The van der Waals surface area contributed by atoms with Gasteiger partial charge in [-0.25, -0.2) is 0 Å². The number of nitriles is 1. The molecule has 5 nitrogen and oxygen atoms in total. The Morgan fingerprint density at radius 3 is 2.29 bits per heavy atom. The molecule has 0 unspecified atom stereocenters. The summed E-state index contributed by atoms with van der Waals surface area (Å²) >= 11 is 0. The molecule has 2 rings (SSSR count). The van der Waals surface area contributed by atoms with Crippen LogP contribution in [-0.4, -0.2) is 12.0 Å². The van der Waals surface area contributed by atoms with Gasteiger partial charge in [-0.1, -0.05) is 24.3 Å². The van der Waals surface area contributed by atoms with Crippen molar-refractivity contribution in [2.75, 3.05) is 7.11 Å². The number of nitro groups is 1. The summed E-state index contributed by atoms with van der Waals surface area (Å²) in [7, 11) is 1.60. The zero-order valence-corrected chi connectivity index (χ0v) is 11.5. The Morgan fingerprint density at radius 2 is 1.81 bits per heavy atom. The van der Waals surface area contributed by atoms with Crippen molar-refractivity contribution in [3.63, 3.8) is 0 Å². The molecule has 21 heavy (non-hydrogen) atoms. The van der Waals surface area contributed by atoms with Crippen LogP contribution < -0.4 is 4.74 Å². The molecular formula is C16H14N2O3. The van der Waals surface area contributed by atoms with E-state index in [9.17, 15) is 15.4 Å². The number of nitrogens with zero attached hydrogens (tertiary/aromatic N) is 2. The topological polar surface area (TPSA) is 76.2 Å². The summed E-state index contributed by atoms with van der Waals surface area (Å²) < 4.78 is 5.09. The number of nitro benzene ring substituents is 1. The first kappa shape index (κ1) is 14.5. The zero-order chi connectivity index (χ0) is 15.2. The molecule has 0 fully saturated rings. The van der Waals surface area contributed by atoms with Crippen LogP contribution in [0.25, 0.3) is 0 Å². The third kappa shape index (κ3) is 3.57. The Bertz CT molecular complexity index is 657. The van der Waals surface area contributed by atoms with Crippen LogP contribution >= 0.6 is 0 Å². The third-order valence-corrected chi connectivity index (χ3v) is 3.26. The number of methoxy groups -OCH3 is 1. The maximum atomic E-state index is 10.6. The van der Waals surface area contributed by atoms with Crippen molar-refractivity contribution in [3.05, 3.63) is 69.8 Å². The summed E-state index contributed by atoms with van der Waals surface area (Å²) in [4.78, 5) is 10.2. The fourth-order valence-corrected chi connectivity index (χ4v) is 2.06. The summed E-state index contributed by atoms with van der Waals surface area (Å²) in [6.07, 6.45) is 0.554. The molecule has 0 N–H and O–H groups in total. The fourth-order valence-electron chi connectivity index (χ4n) is 2.06. The van der Waals surface area contributed by atoms with Gasteiger partial charge < -0.3 is 4.74 Å². The number of rotatable bonds is 5. The molecule has 0 bridgehead atoms. The molecule has 0 aliphatic rings. The molecule has 2 aromatic carbocycles. The lowest BCUT2D eigenvalue weighted by Crippen LogP contribution is -2.01. The van der Waals surface area contributed by atoms with Gasteiger partial charge in [0.2, 0.25) is 0 Å². The van der Waals surface area contributed by atoms with Crippen LogP contribution in [0.5, 0.6) is 5.75 Å². The number of ether oxygens (including phenoxy) is 1. The molecule has 106 valence electrons. The molecule has 0 heterocycles. The minimum absolute atomic E-state index is 0.0277. The molecule has 5 heteroatoms. The monoisotopic (exact) mass is 282 g/mol. The van der Waals surface area contributed by atoms with E-state index in [0.29, 0.717) is 6.42 Å². The third-order valence-electron chi connectivity index (χ3n) is 3.26. The summed E-state index contributed by atoms with van der Waals surface area (Å²) in [5.74, 6) is 0.432. The maximum Gasteiger partial charge on any atom is 0.269 e. The van der Waals surface area contributed by atoms with Crippen LogP contribution in [0.2, 0.25) is 0 Å². The van der Waals surface area contributed by atoms with Gasteiger partial charge in [-0.15, -0.1) is 0 Å². The average molecular weight is 282 g/mol. The molecular weight excluding hydrogens is 268 g/mol. The van der Waals surface area contributed by atoms with Gasteiger partial charge in [0.15, 0.2) is 0 Å². The van der Waals surface area contributed by atoms with Crippen LogP contribution in [0.15, 0.2) is 48.5 Å². The molecule has 0 saturated carbocycles. The molecule has 2 aromatic rings. The summed E-state index contributed by atoms with van der Waals surface area (Å²) in [5.41, 5.74) is 1.82. The normalized spacial score (nSPS) is 11.4. The van der Waals surface area contributed by atoms with Crippen molar-refractivity contribution in [1.82, 2.24) is 0 Å². The molecule has 0 spiro atoms. The Balaban J connectivity index is 2.15. The lowest BCUT2D eigenvalue weighted by atomic mass is 9.93. The summed E-state index contributed by atoms with van der Waals surface area (Å²) in [5, 5.41) is 19.9. The summed E-state index contributed by atoms with van der Waals surface area (Å²) in [6.45, 7) is 0. The lowest BCUT2D eigenvalue weighted by Gasteiger charge is -2.10. The fraction of sp³-hybridized carbons (Fsp3) is 0.188. The highest BCUT2D eigenvalue weighted by molar-refractivity contribution is 5.37. The first-order valence-corrected chi connectivity index (χ1v) is 6.41. The van der Waals surface area contributed by atoms with E-state index in [1.807, 2.05) is 24.3 Å². The van der Waals surface area contributed by atoms with Crippen LogP contribution in [0.4, 0.5) is 5.69 Å². The molecule has 0 amide bonds. The Labute approximate surface area is 122 Å². The second-order valence-corrected chi connectivity index (χ2v) is 4.58. The van der Waals surface area contributed by atoms with E-state index in [0.717, 1.165) is 16.9 Å². The molecule has 0 radical (unpaired) electrons. The Kier molecular flexibility index (Phi) is 4.52. The zero-order valence-electron chi connectivity index (χ0n) is 11.5. The highest BCUT2D eigenvalue weighted by Crippen LogP contribution is 2.23. The number of benzene rings is 2. The van der Waals surface area contributed by atoms with Crippen molar-refractivity contribution in [3.8, 4) is 11.8 Å². The minimum Gasteiger partial charge on any atom is -0.497 e. The van der Waals surface area contributed by atoms with Gasteiger partial charge in [-0.05, 0) is 29.7 Å². The maximum absolute atomic E-state index is 10.6. The van der Waals surface area contributed by atoms with Gasteiger partial charge in [0.25, 0.3) is 5.69 Å². The van der Waals surface area contributed by atoms with Crippen LogP contribution in [-0.2, 0) is 6.42 Å². The molecule has 0 aliphatic heterocycles.